The molecule has 132 valence electrons. The van der Waals surface area contributed by atoms with Gasteiger partial charge in [0.25, 0.3) is 0 Å². The Morgan fingerprint density at radius 2 is 2.00 bits per heavy atom. The number of hydrogen-bond donors (Lipinski definition) is 2. The van der Waals surface area contributed by atoms with Crippen LogP contribution in [0.2, 0.25) is 5.02 Å². The van der Waals surface area contributed by atoms with E-state index < -0.39 is 0 Å². The van der Waals surface area contributed by atoms with Crippen LogP contribution >= 0.6 is 23.8 Å². The van der Waals surface area contributed by atoms with E-state index in [1.54, 1.807) is 0 Å². The van der Waals surface area contributed by atoms with Gasteiger partial charge in [0.2, 0.25) is 0 Å². The van der Waals surface area contributed by atoms with Gasteiger partial charge < -0.3 is 15.1 Å². The predicted molar refractivity (Wildman–Crippen MR) is 109 cm³/mol. The molecule has 1 aliphatic heterocycles. The SMILES string of the molecule is Cc1ccc(NC(=S)N2CCC[NH+](Cc3ccccc3Cl)C2)cc1C. The molecule has 0 spiro atoms. The molecule has 1 fully saturated rings. The smallest absolute Gasteiger partial charge is 0.177 e. The molecule has 1 atom stereocenters. The molecule has 1 heterocycles. The monoisotopic (exact) mass is 374 g/mol. The summed E-state index contributed by atoms with van der Waals surface area (Å²) in [6.07, 6.45) is 1.13. The van der Waals surface area contributed by atoms with Crippen molar-refractivity contribution in [3.8, 4) is 0 Å². The molecule has 2 aromatic carbocycles. The molecule has 25 heavy (non-hydrogen) atoms. The highest BCUT2D eigenvalue weighted by Crippen LogP contribution is 2.16. The van der Waals surface area contributed by atoms with Crippen LogP contribution in [0.4, 0.5) is 5.69 Å². The van der Waals surface area contributed by atoms with E-state index in [0.29, 0.717) is 0 Å². The number of quaternary nitrogens is 1. The van der Waals surface area contributed by atoms with Crippen molar-refractivity contribution in [1.82, 2.24) is 4.90 Å². The second kappa shape index (κ2) is 8.17. The molecule has 1 unspecified atom stereocenters. The van der Waals surface area contributed by atoms with E-state index in [1.807, 2.05) is 18.2 Å². The molecular formula is C20H25ClN3S+. The van der Waals surface area contributed by atoms with Crippen LogP contribution in [0.5, 0.6) is 0 Å². The number of rotatable bonds is 3. The number of hydrogen-bond acceptors (Lipinski definition) is 1. The summed E-state index contributed by atoms with van der Waals surface area (Å²) in [6, 6.07) is 14.5. The molecule has 0 radical (unpaired) electrons. The first-order valence-electron chi connectivity index (χ1n) is 8.73. The lowest BCUT2D eigenvalue weighted by molar-refractivity contribution is -0.927. The van der Waals surface area contributed by atoms with E-state index in [-0.39, 0.29) is 0 Å². The molecule has 0 saturated carbocycles. The molecule has 2 aromatic rings. The molecule has 0 amide bonds. The molecule has 3 nitrogen and oxygen atoms in total. The number of benzene rings is 2. The van der Waals surface area contributed by atoms with E-state index in [1.165, 1.54) is 21.6 Å². The van der Waals surface area contributed by atoms with Crippen molar-refractivity contribution >= 4 is 34.6 Å². The minimum atomic E-state index is 0.805. The summed E-state index contributed by atoms with van der Waals surface area (Å²) in [5, 5.41) is 5.05. The Labute approximate surface area is 160 Å². The lowest BCUT2D eigenvalue weighted by Gasteiger charge is -2.34. The first-order valence-corrected chi connectivity index (χ1v) is 9.51. The Morgan fingerprint density at radius 1 is 1.20 bits per heavy atom. The van der Waals surface area contributed by atoms with Crippen LogP contribution in [0.25, 0.3) is 0 Å². The van der Waals surface area contributed by atoms with Gasteiger partial charge in [-0.1, -0.05) is 35.9 Å². The van der Waals surface area contributed by atoms with Crippen LogP contribution in [-0.4, -0.2) is 29.8 Å². The van der Waals surface area contributed by atoms with Crippen molar-refractivity contribution in [1.29, 1.82) is 0 Å². The Kier molecular flexibility index (Phi) is 5.94. The van der Waals surface area contributed by atoms with Gasteiger partial charge in [-0.2, -0.15) is 0 Å². The lowest BCUT2D eigenvalue weighted by atomic mass is 10.1. The van der Waals surface area contributed by atoms with Crippen molar-refractivity contribution < 1.29 is 4.90 Å². The van der Waals surface area contributed by atoms with Gasteiger partial charge in [-0.25, -0.2) is 0 Å². The highest BCUT2D eigenvalue weighted by molar-refractivity contribution is 7.80. The van der Waals surface area contributed by atoms with Gasteiger partial charge in [0.1, 0.15) is 6.54 Å². The first kappa shape index (κ1) is 18.2. The summed E-state index contributed by atoms with van der Waals surface area (Å²) in [4.78, 5) is 3.75. The summed E-state index contributed by atoms with van der Waals surface area (Å²) in [5.41, 5.74) is 4.84. The largest absolute Gasteiger partial charge is 0.332 e. The molecule has 1 saturated heterocycles. The van der Waals surface area contributed by atoms with E-state index in [2.05, 4.69) is 48.3 Å². The molecule has 1 aliphatic rings. The van der Waals surface area contributed by atoms with Gasteiger partial charge >= 0.3 is 0 Å². The van der Waals surface area contributed by atoms with Gasteiger partial charge in [-0.15, -0.1) is 0 Å². The van der Waals surface area contributed by atoms with Crippen LogP contribution in [0.15, 0.2) is 42.5 Å². The summed E-state index contributed by atoms with van der Waals surface area (Å²) < 4.78 is 0. The summed E-state index contributed by atoms with van der Waals surface area (Å²) in [5.74, 6) is 0. The normalized spacial score (nSPS) is 17.4. The fourth-order valence-electron chi connectivity index (χ4n) is 3.20. The molecule has 2 N–H and O–H groups in total. The van der Waals surface area contributed by atoms with E-state index in [9.17, 15) is 0 Å². The van der Waals surface area contributed by atoms with E-state index in [4.69, 9.17) is 23.8 Å². The van der Waals surface area contributed by atoms with Crippen LogP contribution in [-0.2, 0) is 6.54 Å². The molecule has 0 aromatic heterocycles. The molecule has 5 heteroatoms. The van der Waals surface area contributed by atoms with Crippen LogP contribution < -0.4 is 10.2 Å². The van der Waals surface area contributed by atoms with Crippen molar-refractivity contribution in [2.75, 3.05) is 25.1 Å². The summed E-state index contributed by atoms with van der Waals surface area (Å²) in [6.45, 7) is 8.24. The van der Waals surface area contributed by atoms with Gasteiger partial charge in [0, 0.05) is 29.2 Å². The fraction of sp³-hybridized carbons (Fsp3) is 0.350. The number of thiocarbonyl (C=S) groups is 1. The third kappa shape index (κ3) is 4.72. The molecule has 3 rings (SSSR count). The highest BCUT2D eigenvalue weighted by atomic mass is 35.5. The summed E-state index contributed by atoms with van der Waals surface area (Å²) >= 11 is 12.0. The third-order valence-electron chi connectivity index (χ3n) is 4.82. The molecular weight excluding hydrogens is 350 g/mol. The lowest BCUT2D eigenvalue weighted by Crippen LogP contribution is -3.13. The van der Waals surface area contributed by atoms with Crippen LogP contribution in [0.3, 0.4) is 0 Å². The predicted octanol–water partition coefficient (Wildman–Crippen LogP) is 3.40. The van der Waals surface area contributed by atoms with Crippen molar-refractivity contribution in [3.63, 3.8) is 0 Å². The zero-order valence-corrected chi connectivity index (χ0v) is 16.4. The molecule has 0 bridgehead atoms. The Morgan fingerprint density at radius 3 is 2.76 bits per heavy atom. The highest BCUT2D eigenvalue weighted by Gasteiger charge is 2.23. The van der Waals surface area contributed by atoms with E-state index >= 15 is 0 Å². The van der Waals surface area contributed by atoms with Gasteiger partial charge in [0.15, 0.2) is 11.8 Å². The average Bonchev–Trinajstić information content (AvgIpc) is 2.60. The van der Waals surface area contributed by atoms with Crippen LogP contribution in [0, 0.1) is 13.8 Å². The number of aryl methyl sites for hydroxylation is 2. The Bertz CT molecular complexity index is 762. The average molecular weight is 375 g/mol. The maximum atomic E-state index is 6.31. The van der Waals surface area contributed by atoms with Gasteiger partial charge in [0.05, 0.1) is 6.54 Å². The quantitative estimate of drug-likeness (QED) is 0.803. The maximum absolute atomic E-state index is 6.31. The zero-order valence-electron chi connectivity index (χ0n) is 14.8. The van der Waals surface area contributed by atoms with Crippen molar-refractivity contribution in [2.24, 2.45) is 0 Å². The number of halogens is 1. The zero-order chi connectivity index (χ0) is 17.8. The standard InChI is InChI=1S/C20H24ClN3S/c1-15-8-9-18(12-16(15)2)22-20(25)24-11-5-10-23(14-24)13-17-6-3-4-7-19(17)21/h3-4,6-9,12H,5,10-11,13-14H2,1-2H3,(H,22,25)/p+1. The second-order valence-corrected chi connectivity index (χ2v) is 7.57. The number of nitrogens with zero attached hydrogens (tertiary/aromatic N) is 1. The van der Waals surface area contributed by atoms with Crippen molar-refractivity contribution in [2.45, 2.75) is 26.8 Å². The molecule has 0 aliphatic carbocycles. The van der Waals surface area contributed by atoms with Crippen molar-refractivity contribution in [3.05, 3.63) is 64.2 Å². The topological polar surface area (TPSA) is 19.7 Å². The minimum absolute atomic E-state index is 0.805. The van der Waals surface area contributed by atoms with E-state index in [0.717, 1.165) is 48.5 Å². The summed E-state index contributed by atoms with van der Waals surface area (Å²) in [7, 11) is 0. The fourth-order valence-corrected chi connectivity index (χ4v) is 3.67. The van der Waals surface area contributed by atoms with Gasteiger partial charge in [-0.3, -0.25) is 0 Å². The Hall–Kier alpha value is -1.62. The third-order valence-corrected chi connectivity index (χ3v) is 5.55. The second-order valence-electron chi connectivity index (χ2n) is 6.77. The Balaban J connectivity index is 1.61. The minimum Gasteiger partial charge on any atom is -0.332 e. The maximum Gasteiger partial charge on any atom is 0.177 e. The van der Waals surface area contributed by atoms with Gasteiger partial charge in [-0.05, 0) is 55.4 Å². The van der Waals surface area contributed by atoms with Crippen LogP contribution in [0.1, 0.15) is 23.1 Å². The first-order chi connectivity index (χ1) is 12.0. The number of anilines is 1. The number of nitrogens with one attached hydrogen (secondary N) is 2.